The van der Waals surface area contributed by atoms with Gasteiger partial charge in [-0.2, -0.15) is 0 Å². The standard InChI is InChI=1S/C14H17N2O3S/c1-12-4-6-14(7-5-12)20(17,18)19-16(2,3)13-8-10-15-11-9-13/h4-11H,1-3H3/q+2. The second-order valence-corrected chi connectivity index (χ2v) is 6.43. The molecule has 1 unspecified atom stereocenters. The molecule has 0 amide bonds. The molecule has 5 nitrogen and oxygen atoms in total. The van der Waals surface area contributed by atoms with Crippen molar-refractivity contribution >= 4 is 16.2 Å². The zero-order valence-corrected chi connectivity index (χ0v) is 12.5. The number of benzene rings is 1. The Morgan fingerprint density at radius 2 is 1.60 bits per heavy atom. The topological polar surface area (TPSA) is 59.1 Å². The summed E-state index contributed by atoms with van der Waals surface area (Å²) in [6, 6.07) is 9.98. The molecular weight excluding hydrogens is 276 g/mol. The number of hydroxylamine groups is 2. The molecule has 0 saturated carbocycles. The number of aromatic nitrogens is 1. The zero-order chi connectivity index (χ0) is 14.8. The minimum atomic E-state index is -3.83. The van der Waals surface area contributed by atoms with Crippen LogP contribution in [0.5, 0.6) is 0 Å². The second-order valence-electron chi connectivity index (χ2n) is 4.90. The van der Waals surface area contributed by atoms with Gasteiger partial charge in [-0.1, -0.05) is 22.3 Å². The molecule has 0 aliphatic carbocycles. The van der Waals surface area contributed by atoms with Gasteiger partial charge in [0.25, 0.3) is 0 Å². The number of aryl methyl sites for hydroxylation is 1. The summed E-state index contributed by atoms with van der Waals surface area (Å²) in [4.78, 5) is 4.05. The van der Waals surface area contributed by atoms with Crippen molar-refractivity contribution in [1.29, 1.82) is 0 Å². The van der Waals surface area contributed by atoms with Crippen molar-refractivity contribution in [2.24, 2.45) is 0 Å². The molecule has 2 rings (SSSR count). The molecule has 1 aromatic carbocycles. The quantitative estimate of drug-likeness (QED) is 0.495. The Morgan fingerprint density at radius 1 is 1.05 bits per heavy atom. The zero-order valence-electron chi connectivity index (χ0n) is 11.6. The fourth-order valence-corrected chi connectivity index (χ4v) is 2.87. The minimum absolute atomic E-state index is 0.142. The van der Waals surface area contributed by atoms with Crippen LogP contribution in [-0.2, 0) is 23.5 Å². The van der Waals surface area contributed by atoms with Crippen molar-refractivity contribution in [2.75, 3.05) is 14.1 Å². The van der Waals surface area contributed by atoms with E-state index in [1.807, 2.05) is 6.92 Å². The fraction of sp³-hybridized carbons (Fsp3) is 0.214. The lowest BCUT2D eigenvalue weighted by Gasteiger charge is -2.21. The highest BCUT2D eigenvalue weighted by Gasteiger charge is 2.45. The van der Waals surface area contributed by atoms with E-state index in [0.717, 1.165) is 5.56 Å². The third-order valence-corrected chi connectivity index (χ3v) is 4.30. The van der Waals surface area contributed by atoms with Crippen molar-refractivity contribution in [3.05, 3.63) is 54.4 Å². The van der Waals surface area contributed by atoms with Crippen molar-refractivity contribution in [3.63, 3.8) is 0 Å². The predicted molar refractivity (Wildman–Crippen MR) is 77.1 cm³/mol. The molecule has 0 saturated heterocycles. The van der Waals surface area contributed by atoms with Crippen molar-refractivity contribution < 1.29 is 13.0 Å². The number of rotatable bonds is 4. The molecule has 1 atom stereocenters. The van der Waals surface area contributed by atoms with E-state index in [0.29, 0.717) is 5.69 Å². The highest BCUT2D eigenvalue weighted by Crippen LogP contribution is 2.27. The molecule has 1 heterocycles. The fourth-order valence-electron chi connectivity index (χ4n) is 1.74. The third-order valence-electron chi connectivity index (χ3n) is 2.88. The van der Waals surface area contributed by atoms with E-state index in [2.05, 4.69) is 4.98 Å². The maximum Gasteiger partial charge on any atom is 0.483 e. The summed E-state index contributed by atoms with van der Waals surface area (Å²) >= 11 is 0. The van der Waals surface area contributed by atoms with Gasteiger partial charge in [0.05, 0.1) is 8.84 Å². The van der Waals surface area contributed by atoms with Crippen LogP contribution >= 0.6 is 0 Å². The maximum absolute atomic E-state index is 12.3. The van der Waals surface area contributed by atoms with Crippen LogP contribution in [0.4, 0.5) is 5.69 Å². The van der Waals surface area contributed by atoms with Crippen LogP contribution in [0.25, 0.3) is 0 Å². The van der Waals surface area contributed by atoms with E-state index in [1.54, 1.807) is 50.8 Å². The summed E-state index contributed by atoms with van der Waals surface area (Å²) in [6.45, 7) is 1.90. The predicted octanol–water partition coefficient (Wildman–Crippen LogP) is 2.71. The molecule has 20 heavy (non-hydrogen) atoms. The molecule has 2 aromatic rings. The Bertz CT molecular complexity index is 627. The highest BCUT2D eigenvalue weighted by molar-refractivity contribution is 7.93. The van der Waals surface area contributed by atoms with E-state index < -0.39 is 10.5 Å². The van der Waals surface area contributed by atoms with Crippen LogP contribution < -0.4 is 4.65 Å². The molecule has 105 valence electrons. The van der Waals surface area contributed by atoms with Crippen molar-refractivity contribution in [3.8, 4) is 0 Å². The molecule has 1 radical (unpaired) electrons. The van der Waals surface area contributed by atoms with Gasteiger partial charge in [-0.15, -0.1) is 0 Å². The van der Waals surface area contributed by atoms with E-state index in [1.165, 1.54) is 12.1 Å². The maximum atomic E-state index is 12.3. The lowest BCUT2D eigenvalue weighted by molar-refractivity contribution is -0.00253. The second kappa shape index (κ2) is 5.41. The van der Waals surface area contributed by atoms with Gasteiger partial charge >= 0.3 is 10.5 Å². The molecule has 0 spiro atoms. The first-order chi connectivity index (χ1) is 9.31. The average Bonchev–Trinajstić information content (AvgIpc) is 2.39. The first-order valence-corrected chi connectivity index (χ1v) is 7.49. The molecule has 0 fully saturated rings. The van der Waals surface area contributed by atoms with Gasteiger partial charge < -0.3 is 0 Å². The smallest absolute Gasteiger partial charge is 0.264 e. The van der Waals surface area contributed by atoms with Crippen LogP contribution in [0.15, 0.2) is 53.7 Å². The van der Waals surface area contributed by atoms with E-state index >= 15 is 0 Å². The summed E-state index contributed by atoms with van der Waals surface area (Å²) in [6.07, 6.45) is 3.19. The molecule has 0 N–H and O–H groups in total. The van der Waals surface area contributed by atoms with E-state index in [4.69, 9.17) is 4.28 Å². The Hall–Kier alpha value is -1.60. The molecule has 1 aromatic heterocycles. The SMILES string of the molecule is Cc1ccc([S+]([O])(=O)O[N+](C)(C)c2ccncc2)cc1. The largest absolute Gasteiger partial charge is 0.483 e. The first-order valence-electron chi connectivity index (χ1n) is 6.09. The van der Waals surface area contributed by atoms with Crippen molar-refractivity contribution in [2.45, 2.75) is 11.8 Å². The van der Waals surface area contributed by atoms with Gasteiger partial charge in [0, 0.05) is 36.7 Å². The van der Waals surface area contributed by atoms with Gasteiger partial charge in [-0.25, -0.2) is 0 Å². The highest BCUT2D eigenvalue weighted by atomic mass is 32.3. The van der Waals surface area contributed by atoms with E-state index in [9.17, 15) is 8.76 Å². The lowest BCUT2D eigenvalue weighted by atomic mass is 10.2. The number of hydrogen-bond donors (Lipinski definition) is 0. The van der Waals surface area contributed by atoms with Crippen molar-refractivity contribution in [1.82, 2.24) is 9.63 Å². The van der Waals surface area contributed by atoms with Gasteiger partial charge in [0.15, 0.2) is 5.69 Å². The molecular formula is C14H17N2O3S+2. The van der Waals surface area contributed by atoms with Crippen LogP contribution in [0, 0.1) is 6.92 Å². The summed E-state index contributed by atoms with van der Waals surface area (Å²) in [7, 11) is -0.523. The van der Waals surface area contributed by atoms with Crippen LogP contribution in [0.3, 0.4) is 0 Å². The summed E-state index contributed by atoms with van der Waals surface area (Å²) < 4.78 is 29.6. The summed E-state index contributed by atoms with van der Waals surface area (Å²) in [5.74, 6) is 0. The molecule has 0 aliphatic rings. The Balaban J connectivity index is 2.28. The third kappa shape index (κ3) is 3.29. The number of pyridine rings is 1. The van der Waals surface area contributed by atoms with Gasteiger partial charge in [-0.05, 0) is 11.1 Å². The molecule has 0 aliphatic heterocycles. The van der Waals surface area contributed by atoms with Crippen LogP contribution in [0.2, 0.25) is 0 Å². The Labute approximate surface area is 119 Å². The minimum Gasteiger partial charge on any atom is -0.264 e. The van der Waals surface area contributed by atoms with E-state index in [-0.39, 0.29) is 9.54 Å². The average molecular weight is 293 g/mol. The number of hydrogen-bond acceptors (Lipinski definition) is 3. The van der Waals surface area contributed by atoms with Gasteiger partial charge in [-0.3, -0.25) is 4.98 Å². The van der Waals surface area contributed by atoms with Crippen LogP contribution in [-0.4, -0.2) is 19.1 Å². The molecule has 6 heteroatoms. The van der Waals surface area contributed by atoms with Crippen LogP contribution in [0.1, 0.15) is 5.56 Å². The van der Waals surface area contributed by atoms with Gasteiger partial charge in [0.2, 0.25) is 4.90 Å². The van der Waals surface area contributed by atoms with Gasteiger partial charge in [0.1, 0.15) is 14.1 Å². The molecule has 0 bridgehead atoms. The summed E-state index contributed by atoms with van der Waals surface area (Å²) in [5, 5.41) is 0. The Kier molecular flexibility index (Phi) is 4.01. The summed E-state index contributed by atoms with van der Waals surface area (Å²) in [5.41, 5.74) is 1.68. The normalized spacial score (nSPS) is 14.8. The first kappa shape index (κ1) is 14.8. The Morgan fingerprint density at radius 3 is 2.15 bits per heavy atom. The lowest BCUT2D eigenvalue weighted by Crippen LogP contribution is -2.43. The number of nitrogens with zero attached hydrogens (tertiary/aromatic N) is 2. The number of quaternary nitrogens is 1. The monoisotopic (exact) mass is 293 g/mol.